The summed E-state index contributed by atoms with van der Waals surface area (Å²) in [6.45, 7) is 3.36. The first kappa shape index (κ1) is 21.8. The molecule has 166 valence electrons. The molecule has 1 amide bonds. The highest BCUT2D eigenvalue weighted by Crippen LogP contribution is 2.37. The molecule has 0 fully saturated rings. The van der Waals surface area contributed by atoms with E-state index in [4.69, 9.17) is 9.47 Å². The number of amides is 1. The summed E-state index contributed by atoms with van der Waals surface area (Å²) >= 11 is 0. The van der Waals surface area contributed by atoms with Gasteiger partial charge in [0.2, 0.25) is 0 Å². The molecule has 1 aliphatic heterocycles. The summed E-state index contributed by atoms with van der Waals surface area (Å²) in [4.78, 5) is 15.0. The van der Waals surface area contributed by atoms with Gasteiger partial charge in [0.05, 0.1) is 19.3 Å². The number of para-hydroxylation sites is 1. The van der Waals surface area contributed by atoms with Gasteiger partial charge in [-0.15, -0.1) is 0 Å². The third-order valence-electron chi connectivity index (χ3n) is 5.70. The fourth-order valence-corrected chi connectivity index (χ4v) is 4.10. The third-order valence-corrected chi connectivity index (χ3v) is 5.70. The van der Waals surface area contributed by atoms with Crippen molar-refractivity contribution >= 4 is 11.6 Å². The number of fused-ring (bicyclic) bond motifs is 1. The van der Waals surface area contributed by atoms with Gasteiger partial charge in [0, 0.05) is 12.2 Å². The van der Waals surface area contributed by atoms with Gasteiger partial charge >= 0.3 is 0 Å². The van der Waals surface area contributed by atoms with E-state index >= 15 is 0 Å². The average Bonchev–Trinajstić information content (AvgIpc) is 2.84. The number of hydrogen-bond donors (Lipinski definition) is 1. The Hall–Kier alpha value is -3.47. The van der Waals surface area contributed by atoms with Crippen LogP contribution in [0.25, 0.3) is 0 Å². The lowest BCUT2D eigenvalue weighted by molar-refractivity contribution is 0.0683. The molecule has 0 spiro atoms. The molecule has 3 aromatic carbocycles. The van der Waals surface area contributed by atoms with Crippen LogP contribution in [-0.4, -0.2) is 31.1 Å². The molecular formula is C27H30N2O3. The smallest absolute Gasteiger partial charge is 0.257 e. The third kappa shape index (κ3) is 4.72. The molecule has 0 saturated heterocycles. The summed E-state index contributed by atoms with van der Waals surface area (Å²) in [5.41, 5.74) is 3.84. The summed E-state index contributed by atoms with van der Waals surface area (Å²) in [6.07, 6.45) is 2.53. The molecule has 0 radical (unpaired) electrons. The predicted molar refractivity (Wildman–Crippen MR) is 127 cm³/mol. The second-order valence-corrected chi connectivity index (χ2v) is 7.94. The molecule has 5 nitrogen and oxygen atoms in total. The van der Waals surface area contributed by atoms with Crippen LogP contribution in [0, 0.1) is 0 Å². The Morgan fingerprint density at radius 3 is 2.53 bits per heavy atom. The summed E-state index contributed by atoms with van der Waals surface area (Å²) in [5, 5.41) is 3.53. The van der Waals surface area contributed by atoms with Crippen LogP contribution in [0.2, 0.25) is 0 Å². The molecule has 1 aliphatic rings. The van der Waals surface area contributed by atoms with E-state index in [1.54, 1.807) is 7.11 Å². The van der Waals surface area contributed by atoms with Crippen LogP contribution in [0.4, 0.5) is 5.69 Å². The zero-order valence-electron chi connectivity index (χ0n) is 18.7. The predicted octanol–water partition coefficient (Wildman–Crippen LogP) is 5.68. The van der Waals surface area contributed by atoms with Crippen molar-refractivity contribution in [3.8, 4) is 11.5 Å². The van der Waals surface area contributed by atoms with E-state index in [1.165, 1.54) is 5.56 Å². The summed E-state index contributed by atoms with van der Waals surface area (Å²) < 4.78 is 11.6. The number of rotatable bonds is 9. The Morgan fingerprint density at radius 1 is 0.969 bits per heavy atom. The molecule has 1 heterocycles. The van der Waals surface area contributed by atoms with Crippen molar-refractivity contribution in [2.45, 2.75) is 32.4 Å². The quantitative estimate of drug-likeness (QED) is 0.444. The number of nitrogens with zero attached hydrogens (tertiary/aromatic N) is 1. The number of ether oxygens (including phenoxy) is 2. The highest BCUT2D eigenvalue weighted by molar-refractivity contribution is 6.01. The Kier molecular flexibility index (Phi) is 6.95. The van der Waals surface area contributed by atoms with Crippen LogP contribution in [0.15, 0.2) is 72.8 Å². The van der Waals surface area contributed by atoms with E-state index < -0.39 is 0 Å². The molecule has 0 saturated carbocycles. The van der Waals surface area contributed by atoms with Crippen molar-refractivity contribution in [3.05, 3.63) is 89.5 Å². The van der Waals surface area contributed by atoms with E-state index in [2.05, 4.69) is 36.5 Å². The zero-order chi connectivity index (χ0) is 22.3. The van der Waals surface area contributed by atoms with Crippen LogP contribution >= 0.6 is 0 Å². The van der Waals surface area contributed by atoms with E-state index in [0.29, 0.717) is 30.2 Å². The molecule has 5 heteroatoms. The van der Waals surface area contributed by atoms with E-state index in [-0.39, 0.29) is 12.1 Å². The summed E-state index contributed by atoms with van der Waals surface area (Å²) in [6, 6.07) is 24.0. The number of carbonyl (C=O) groups is 1. The SMILES string of the molecule is CCCN1C(=O)c2ccccc2NC1c1ccc(OCCCc2ccccc2)c(OC)c1. The van der Waals surface area contributed by atoms with Crippen LogP contribution in [-0.2, 0) is 6.42 Å². The van der Waals surface area contributed by atoms with Gasteiger partial charge in [0.1, 0.15) is 6.17 Å². The minimum absolute atomic E-state index is 0.0476. The number of hydrogen-bond acceptors (Lipinski definition) is 4. The Labute approximate surface area is 190 Å². The number of aryl methyl sites for hydroxylation is 1. The molecule has 4 rings (SSSR count). The van der Waals surface area contributed by atoms with Crippen LogP contribution in [0.5, 0.6) is 11.5 Å². The molecular weight excluding hydrogens is 400 g/mol. The summed E-state index contributed by atoms with van der Waals surface area (Å²) in [5.74, 6) is 1.44. The monoisotopic (exact) mass is 430 g/mol. The Balaban J connectivity index is 1.49. The van der Waals surface area contributed by atoms with Crippen LogP contribution in [0.3, 0.4) is 0 Å². The first-order valence-corrected chi connectivity index (χ1v) is 11.2. The molecule has 0 aromatic heterocycles. The standard InChI is InChI=1S/C27H30N2O3/c1-3-17-29-26(28-23-14-8-7-13-22(23)27(29)30)21-15-16-24(25(19-21)31-2)32-18-9-12-20-10-5-4-6-11-20/h4-8,10-11,13-16,19,26,28H,3,9,12,17-18H2,1-2H3. The van der Waals surface area contributed by atoms with E-state index in [1.807, 2.05) is 53.4 Å². The van der Waals surface area contributed by atoms with Gasteiger partial charge in [-0.25, -0.2) is 0 Å². The van der Waals surface area contributed by atoms with Crippen molar-refractivity contribution in [3.63, 3.8) is 0 Å². The fourth-order valence-electron chi connectivity index (χ4n) is 4.10. The van der Waals surface area contributed by atoms with Gasteiger partial charge in [-0.3, -0.25) is 4.79 Å². The molecule has 1 atom stereocenters. The van der Waals surface area contributed by atoms with E-state index in [0.717, 1.165) is 30.5 Å². The molecule has 1 unspecified atom stereocenters. The zero-order valence-corrected chi connectivity index (χ0v) is 18.7. The summed E-state index contributed by atoms with van der Waals surface area (Å²) in [7, 11) is 1.65. The highest BCUT2D eigenvalue weighted by atomic mass is 16.5. The lowest BCUT2D eigenvalue weighted by Crippen LogP contribution is -2.43. The Bertz CT molecular complexity index is 1050. The topological polar surface area (TPSA) is 50.8 Å². The number of nitrogens with one attached hydrogen (secondary N) is 1. The maximum absolute atomic E-state index is 13.1. The van der Waals surface area contributed by atoms with Gasteiger partial charge in [-0.05, 0) is 54.7 Å². The molecule has 3 aromatic rings. The van der Waals surface area contributed by atoms with Crippen LogP contribution in [0.1, 0.15) is 47.4 Å². The van der Waals surface area contributed by atoms with Crippen molar-refractivity contribution in [1.29, 1.82) is 0 Å². The van der Waals surface area contributed by atoms with Crippen LogP contribution < -0.4 is 14.8 Å². The van der Waals surface area contributed by atoms with Crippen molar-refractivity contribution in [1.82, 2.24) is 4.90 Å². The average molecular weight is 431 g/mol. The second kappa shape index (κ2) is 10.2. The molecule has 0 aliphatic carbocycles. The first-order valence-electron chi connectivity index (χ1n) is 11.2. The van der Waals surface area contributed by atoms with Gasteiger partial charge in [-0.2, -0.15) is 0 Å². The lowest BCUT2D eigenvalue weighted by atomic mass is 10.0. The van der Waals surface area contributed by atoms with E-state index in [9.17, 15) is 4.79 Å². The minimum atomic E-state index is -0.251. The largest absolute Gasteiger partial charge is 0.493 e. The number of carbonyl (C=O) groups excluding carboxylic acids is 1. The Morgan fingerprint density at radius 2 is 1.75 bits per heavy atom. The van der Waals surface area contributed by atoms with Crippen molar-refractivity contribution in [2.24, 2.45) is 0 Å². The van der Waals surface area contributed by atoms with Gasteiger partial charge < -0.3 is 19.7 Å². The van der Waals surface area contributed by atoms with Gasteiger partial charge in [0.25, 0.3) is 5.91 Å². The maximum Gasteiger partial charge on any atom is 0.257 e. The lowest BCUT2D eigenvalue weighted by Gasteiger charge is -2.38. The van der Waals surface area contributed by atoms with Crippen molar-refractivity contribution < 1.29 is 14.3 Å². The molecule has 1 N–H and O–H groups in total. The molecule has 32 heavy (non-hydrogen) atoms. The minimum Gasteiger partial charge on any atom is -0.493 e. The maximum atomic E-state index is 13.1. The highest BCUT2D eigenvalue weighted by Gasteiger charge is 2.32. The fraction of sp³-hybridized carbons (Fsp3) is 0.296. The second-order valence-electron chi connectivity index (χ2n) is 7.94. The normalized spacial score (nSPS) is 15.1. The number of methoxy groups -OCH3 is 1. The number of benzene rings is 3. The first-order chi connectivity index (χ1) is 15.7. The van der Waals surface area contributed by atoms with Gasteiger partial charge in [-0.1, -0.05) is 55.5 Å². The van der Waals surface area contributed by atoms with Gasteiger partial charge in [0.15, 0.2) is 11.5 Å². The van der Waals surface area contributed by atoms with Crippen molar-refractivity contribution in [2.75, 3.05) is 25.6 Å². The molecule has 0 bridgehead atoms. The number of anilines is 1.